The van der Waals surface area contributed by atoms with Crippen LogP contribution in [0.25, 0.3) is 33.5 Å². The van der Waals surface area contributed by atoms with Crippen molar-refractivity contribution < 1.29 is 91.3 Å². The highest BCUT2D eigenvalue weighted by Crippen LogP contribution is 2.44. The number of carboxylic acid groups (broad SMARTS) is 2. The highest BCUT2D eigenvalue weighted by molar-refractivity contribution is 6.06. The second-order valence-corrected chi connectivity index (χ2v) is 33.4. The second-order valence-electron chi connectivity index (χ2n) is 33.4. The Morgan fingerprint density at radius 3 is 1.98 bits per heavy atom. The number of urea groups is 2. The maximum Gasteiger partial charge on any atom is 0.328 e. The van der Waals surface area contributed by atoms with Gasteiger partial charge in [0.15, 0.2) is 0 Å². The van der Waals surface area contributed by atoms with Crippen molar-refractivity contribution in [2.75, 3.05) is 142 Å². The quantitative estimate of drug-likeness (QED) is 0.0132. The lowest BCUT2D eigenvalue weighted by atomic mass is 9.71. The van der Waals surface area contributed by atoms with E-state index in [0.29, 0.717) is 83.7 Å². The molecular formula is C91H133FN12O18. The zero-order valence-corrected chi connectivity index (χ0v) is 72.4. The number of halogens is 1. The van der Waals surface area contributed by atoms with E-state index in [-0.39, 0.29) is 158 Å². The maximum atomic E-state index is 15.8. The number of nitrogens with zero attached hydrogens (tertiary/aromatic N) is 7. The number of aromatic nitrogens is 3. The van der Waals surface area contributed by atoms with Crippen molar-refractivity contribution in [3.8, 4) is 28.3 Å². The molecular weight excluding hydrogens is 1570 g/mol. The molecule has 5 aromatic rings. The molecule has 4 fully saturated rings. The number of aliphatic carboxylic acids is 2. The molecule has 8 N–H and O–H groups in total. The molecule has 0 radical (unpaired) electrons. The minimum Gasteiger partial charge on any atom is -0.495 e. The third kappa shape index (κ3) is 31.2. The minimum absolute atomic E-state index is 0.00491. The number of H-pyrrole nitrogens is 1. The van der Waals surface area contributed by atoms with Gasteiger partial charge in [0.05, 0.1) is 77.9 Å². The van der Waals surface area contributed by atoms with Crippen LogP contribution in [0.2, 0.25) is 0 Å². The summed E-state index contributed by atoms with van der Waals surface area (Å²) in [7, 11) is 1.53. The van der Waals surface area contributed by atoms with Crippen molar-refractivity contribution in [1.82, 2.24) is 50.5 Å². The number of imide groups is 1. The molecule has 122 heavy (non-hydrogen) atoms. The van der Waals surface area contributed by atoms with Gasteiger partial charge in [-0.05, 0) is 148 Å². The number of likely N-dealkylation sites (tertiary alicyclic amines) is 3. The summed E-state index contributed by atoms with van der Waals surface area (Å²) in [5, 5.41) is 42.1. The third-order valence-corrected chi connectivity index (χ3v) is 24.0. The molecule has 4 aliphatic rings. The Morgan fingerprint density at radius 1 is 0.697 bits per heavy atom. The SMILES string of the molecule is CCCCCCCCCCCN(C(=O)CCCCCCCCCC(=O)O)C(CCC(=O)NCCOCCOCCOCCOCCC(=O)NCC(=O)O[C@H]1CN(C(=O)Nc2cc(F)cc(-c3ncnc4[nH]c(-c5ccc(CCN6CCC7(CC6)CCN(C(O)c6ccc(OC)c(N8CCC(=O)NC8=O)c6)CC7)cc5)cc34)c2C)C[C@@H]1CC(C)C)C(=O)O. The van der Waals surface area contributed by atoms with E-state index in [2.05, 4.69) is 77.2 Å². The van der Waals surface area contributed by atoms with Crippen molar-refractivity contribution >= 4 is 76.0 Å². The summed E-state index contributed by atoms with van der Waals surface area (Å²) in [4.78, 5) is 136. The number of carboxylic acids is 2. The maximum absolute atomic E-state index is 15.8. The van der Waals surface area contributed by atoms with Gasteiger partial charge in [-0.25, -0.2) is 28.7 Å². The fraction of sp³-hybridized carbons (Fsp3) is 0.637. The molecule has 672 valence electrons. The van der Waals surface area contributed by atoms with E-state index in [1.807, 2.05) is 26.0 Å². The fourth-order valence-electron chi connectivity index (χ4n) is 16.8. The van der Waals surface area contributed by atoms with Gasteiger partial charge in [0, 0.05) is 106 Å². The molecule has 3 aromatic carbocycles. The number of carbonyl (C=O) groups excluding carboxylic acids is 7. The molecule has 30 nitrogen and oxygen atoms in total. The first-order chi connectivity index (χ1) is 59.0. The third-order valence-electron chi connectivity index (χ3n) is 24.0. The number of aliphatic hydroxyl groups excluding tert-OH is 1. The number of amides is 8. The number of methoxy groups -OCH3 is 1. The van der Waals surface area contributed by atoms with Gasteiger partial charge in [-0.1, -0.05) is 135 Å². The molecule has 0 bridgehead atoms. The number of carbonyl (C=O) groups is 9. The van der Waals surface area contributed by atoms with E-state index in [4.69, 9.17) is 33.5 Å². The van der Waals surface area contributed by atoms with Crippen LogP contribution in [0.1, 0.15) is 217 Å². The summed E-state index contributed by atoms with van der Waals surface area (Å²) in [6.07, 6.45) is 21.7. The number of hydrogen-bond donors (Lipinski definition) is 8. The number of aromatic amines is 1. The van der Waals surface area contributed by atoms with Crippen LogP contribution in [0.5, 0.6) is 5.75 Å². The van der Waals surface area contributed by atoms with E-state index in [0.717, 1.165) is 127 Å². The number of ether oxygens (including phenoxy) is 6. The van der Waals surface area contributed by atoms with E-state index >= 15 is 4.39 Å². The number of aliphatic hydroxyl groups is 1. The van der Waals surface area contributed by atoms with Gasteiger partial charge >= 0.3 is 30.0 Å². The molecule has 2 unspecified atom stereocenters. The summed E-state index contributed by atoms with van der Waals surface area (Å²) in [6.45, 7) is 15.2. The van der Waals surface area contributed by atoms with E-state index in [1.54, 1.807) is 24.0 Å². The molecule has 4 saturated heterocycles. The van der Waals surface area contributed by atoms with E-state index in [9.17, 15) is 53.4 Å². The normalized spacial score (nSPS) is 16.8. The predicted molar refractivity (Wildman–Crippen MR) is 462 cm³/mol. The molecule has 4 atom stereocenters. The Kier molecular flexibility index (Phi) is 40.5. The van der Waals surface area contributed by atoms with Crippen molar-refractivity contribution in [2.45, 2.75) is 226 Å². The molecule has 0 saturated carbocycles. The molecule has 2 aromatic heterocycles. The number of anilines is 2. The lowest BCUT2D eigenvalue weighted by Gasteiger charge is -2.47. The van der Waals surface area contributed by atoms with Gasteiger partial charge < -0.3 is 79.4 Å². The van der Waals surface area contributed by atoms with Gasteiger partial charge in [0.25, 0.3) is 0 Å². The van der Waals surface area contributed by atoms with Gasteiger partial charge in [0.1, 0.15) is 48.5 Å². The number of esters is 1. The zero-order valence-electron chi connectivity index (χ0n) is 72.4. The average molecular weight is 1700 g/mol. The van der Waals surface area contributed by atoms with Gasteiger partial charge in [0.2, 0.25) is 23.6 Å². The number of benzene rings is 3. The minimum atomic E-state index is -1.13. The lowest BCUT2D eigenvalue weighted by Crippen LogP contribution is -2.49. The van der Waals surface area contributed by atoms with Crippen LogP contribution >= 0.6 is 0 Å². The van der Waals surface area contributed by atoms with Crippen LogP contribution in [-0.2, 0) is 63.7 Å². The first-order valence-electron chi connectivity index (χ1n) is 44.5. The van der Waals surface area contributed by atoms with Crippen molar-refractivity contribution in [2.24, 2.45) is 17.3 Å². The van der Waals surface area contributed by atoms with Crippen LogP contribution in [0, 0.1) is 30.0 Å². The monoisotopic (exact) mass is 1700 g/mol. The average Bonchev–Trinajstić information content (AvgIpc) is 1.58. The number of fused-ring (bicyclic) bond motifs is 1. The Balaban J connectivity index is 0.617. The first kappa shape index (κ1) is 96.6. The second kappa shape index (κ2) is 51.1. The fourth-order valence-corrected chi connectivity index (χ4v) is 16.8. The van der Waals surface area contributed by atoms with Crippen molar-refractivity contribution in [3.63, 3.8) is 0 Å². The largest absolute Gasteiger partial charge is 0.495 e. The van der Waals surface area contributed by atoms with Crippen LogP contribution in [0.3, 0.4) is 0 Å². The Morgan fingerprint density at radius 2 is 1.33 bits per heavy atom. The molecule has 31 heteroatoms. The molecule has 1 spiro atoms. The van der Waals surface area contributed by atoms with Gasteiger partial charge in [-0.15, -0.1) is 0 Å². The number of rotatable bonds is 55. The Labute approximate surface area is 717 Å². The molecule has 4 aliphatic heterocycles. The standard InChI is InChI=1S/C91H133FN12O18/c1-6-7-8-9-10-11-15-18-21-40-103(82(108)22-19-16-13-12-14-17-20-23-83(109)110)75(88(113)114)29-31-79(105)93-39-48-119-50-52-121-54-53-120-51-49-118-47-34-80(106)94-60-84(111)122-78-62-102(61-69(78)55-64(2)3)89(115)98-73-58-70(92)57-71(65(73)4)85-72-59-74(97-86(72)96-63-95-85)67-26-24-66(25-27-67)32-41-100-43-35-91(36-44-100)37-45-101(46-38-91)87(112)68-28-30-77(117-5)76(56-68)104-42-33-81(107)99-90(104)116/h24-28,30,56-59,63-64,69,75,78,87,112H,6-23,29,31-55,60-62H2,1-5H3,(H,93,105)(H,94,106)(H,98,115)(H,109,110)(H,113,114)(H,95,96,97)(H,99,107,116)/t69-,75?,78-,87?/m0/s1. The van der Waals surface area contributed by atoms with E-state index < -0.39 is 60.1 Å². The number of unbranched alkanes of at least 4 members (excludes halogenated alkanes) is 14. The number of hydrogen-bond acceptors (Lipinski definition) is 20. The molecule has 8 amide bonds. The predicted octanol–water partition coefficient (Wildman–Crippen LogP) is 12.9. The van der Waals surface area contributed by atoms with E-state index in [1.165, 1.54) is 73.0 Å². The van der Waals surface area contributed by atoms with Gasteiger partial charge in [-0.2, -0.15) is 0 Å². The Hall–Kier alpha value is -9.24. The van der Waals surface area contributed by atoms with Crippen LogP contribution in [0.4, 0.5) is 25.4 Å². The summed E-state index contributed by atoms with van der Waals surface area (Å²) >= 11 is 0. The molecule has 6 heterocycles. The summed E-state index contributed by atoms with van der Waals surface area (Å²) < 4.78 is 49.6. The number of piperidine rings is 2. The number of nitrogens with one attached hydrogen (secondary N) is 5. The molecule has 9 rings (SSSR count). The summed E-state index contributed by atoms with van der Waals surface area (Å²) in [6, 6.07) is 16.4. The topological polar surface area (TPSA) is 376 Å². The summed E-state index contributed by atoms with van der Waals surface area (Å²) in [5.41, 5.74) is 6.76. The molecule has 0 aliphatic carbocycles. The van der Waals surface area contributed by atoms with Crippen molar-refractivity contribution in [1.29, 1.82) is 0 Å². The highest BCUT2D eigenvalue weighted by Gasteiger charge is 2.41. The lowest BCUT2D eigenvalue weighted by molar-refractivity contribution is -0.151. The van der Waals surface area contributed by atoms with Crippen LogP contribution < -0.4 is 30.9 Å². The van der Waals surface area contributed by atoms with Gasteiger partial charge in [-0.3, -0.25) is 43.9 Å². The van der Waals surface area contributed by atoms with Crippen molar-refractivity contribution in [3.05, 3.63) is 89.5 Å². The summed E-state index contributed by atoms with van der Waals surface area (Å²) in [5.74, 6) is -3.90. The van der Waals surface area contributed by atoms with Crippen LogP contribution in [0.15, 0.2) is 67.0 Å². The zero-order chi connectivity index (χ0) is 87.2. The Bertz CT molecular complexity index is 4150. The van der Waals surface area contributed by atoms with Crippen LogP contribution in [-0.4, -0.2) is 248 Å². The highest BCUT2D eigenvalue weighted by atomic mass is 19.1. The smallest absolute Gasteiger partial charge is 0.328 e. The first-order valence-corrected chi connectivity index (χ1v) is 44.5.